The molecule has 0 saturated carbocycles. The molecular weight excluding hydrogens is 532 g/mol. The minimum Gasteiger partial charge on any atom is -0.490 e. The Kier molecular flexibility index (Phi) is 11.2. The molecule has 0 N–H and O–H groups in total. The molecule has 0 amide bonds. The minimum absolute atomic E-state index is 0.0679. The third kappa shape index (κ3) is 9.70. The molecule has 0 aliphatic carbocycles. The molecule has 0 atom stereocenters. The lowest BCUT2D eigenvalue weighted by atomic mass is 10.2. The molecule has 212 valence electrons. The molecule has 0 aromatic heterocycles. The summed E-state index contributed by atoms with van der Waals surface area (Å²) in [6.07, 6.45) is 2.13. The van der Waals surface area contributed by atoms with Gasteiger partial charge in [0, 0.05) is 12.2 Å². The van der Waals surface area contributed by atoms with Crippen molar-refractivity contribution in [3.63, 3.8) is 0 Å². The van der Waals surface area contributed by atoms with Gasteiger partial charge in [0.1, 0.15) is 49.4 Å². The van der Waals surface area contributed by atoms with Gasteiger partial charge in [0.2, 0.25) is 0 Å². The summed E-state index contributed by atoms with van der Waals surface area (Å²) in [5, 5.41) is 0. The topological polar surface area (TPSA) is 124 Å². The number of hydrogen-bond acceptors (Lipinski definition) is 10. The van der Waals surface area contributed by atoms with E-state index < -0.39 is 23.9 Å². The Morgan fingerprint density at radius 3 is 1.49 bits per heavy atom. The lowest BCUT2D eigenvalue weighted by Crippen LogP contribution is -2.12. The van der Waals surface area contributed by atoms with E-state index in [4.69, 9.17) is 28.4 Å². The number of ether oxygens (including phenoxy) is 6. The Morgan fingerprint density at radius 1 is 0.610 bits per heavy atom. The van der Waals surface area contributed by atoms with Gasteiger partial charge in [0.05, 0.1) is 11.1 Å². The van der Waals surface area contributed by atoms with Gasteiger partial charge in [0.15, 0.2) is 0 Å². The maximum atomic E-state index is 12.6. The number of esters is 4. The van der Waals surface area contributed by atoms with Crippen molar-refractivity contribution in [2.45, 2.75) is 6.92 Å². The van der Waals surface area contributed by atoms with Crippen molar-refractivity contribution in [2.24, 2.45) is 0 Å². The van der Waals surface area contributed by atoms with Gasteiger partial charge in [-0.3, -0.25) is 0 Å². The van der Waals surface area contributed by atoms with Crippen LogP contribution in [0.5, 0.6) is 23.0 Å². The Morgan fingerprint density at radius 2 is 1.05 bits per heavy atom. The highest BCUT2D eigenvalue weighted by atomic mass is 16.6. The Hall–Kier alpha value is -5.38. The van der Waals surface area contributed by atoms with Gasteiger partial charge in [-0.05, 0) is 79.2 Å². The first-order valence-electron chi connectivity index (χ1n) is 12.4. The Balaban J connectivity index is 1.49. The first kappa shape index (κ1) is 30.2. The van der Waals surface area contributed by atoms with Crippen molar-refractivity contribution < 1.29 is 47.6 Å². The zero-order valence-corrected chi connectivity index (χ0v) is 22.3. The summed E-state index contributed by atoms with van der Waals surface area (Å²) in [4.78, 5) is 47.2. The van der Waals surface area contributed by atoms with Crippen LogP contribution in [0.25, 0.3) is 0 Å². The Bertz CT molecular complexity index is 1390. The standard InChI is InChI=1S/C31H28O10/c1-4-28(32)38-18-16-36-24-10-6-22(7-11-24)30(34)40-26-14-15-27(21(3)20-26)41-31(35)23-8-12-25(13-9-23)37-17-19-39-29(33)5-2/h4-15,20H,1-2,16-19H2,3H3. The van der Waals surface area contributed by atoms with Crippen LogP contribution in [0, 0.1) is 6.92 Å². The molecule has 0 fully saturated rings. The SMILES string of the molecule is C=CC(=O)OCCOc1ccc(C(=O)Oc2ccc(OC(=O)c3ccc(OCCOC(=O)C=C)cc3)c(C)c2)cc1. The number of hydrogen-bond donors (Lipinski definition) is 0. The van der Waals surface area contributed by atoms with Crippen LogP contribution < -0.4 is 18.9 Å². The van der Waals surface area contributed by atoms with Crippen molar-refractivity contribution in [3.05, 3.63) is 109 Å². The summed E-state index contributed by atoms with van der Waals surface area (Å²) >= 11 is 0. The van der Waals surface area contributed by atoms with Crippen molar-refractivity contribution in [3.8, 4) is 23.0 Å². The fraction of sp³-hybridized carbons (Fsp3) is 0.161. The molecule has 0 bridgehead atoms. The predicted octanol–water partition coefficient (Wildman–Crippen LogP) is 4.65. The average molecular weight is 561 g/mol. The number of rotatable bonds is 14. The minimum atomic E-state index is -0.582. The summed E-state index contributed by atoms with van der Waals surface area (Å²) < 4.78 is 31.5. The molecule has 0 heterocycles. The highest BCUT2D eigenvalue weighted by molar-refractivity contribution is 5.92. The van der Waals surface area contributed by atoms with Gasteiger partial charge in [-0.2, -0.15) is 0 Å². The first-order chi connectivity index (χ1) is 19.8. The first-order valence-corrected chi connectivity index (χ1v) is 12.4. The van der Waals surface area contributed by atoms with Crippen molar-refractivity contribution in [1.82, 2.24) is 0 Å². The quantitative estimate of drug-likeness (QED) is 0.119. The summed E-state index contributed by atoms with van der Waals surface area (Å²) in [6.45, 7) is 8.77. The van der Waals surface area contributed by atoms with Crippen LogP contribution in [-0.4, -0.2) is 50.3 Å². The van der Waals surface area contributed by atoms with Crippen LogP contribution >= 0.6 is 0 Å². The van der Waals surface area contributed by atoms with E-state index in [1.54, 1.807) is 61.5 Å². The van der Waals surface area contributed by atoms with Crippen LogP contribution in [0.4, 0.5) is 0 Å². The van der Waals surface area contributed by atoms with Gasteiger partial charge >= 0.3 is 23.9 Å². The molecule has 3 rings (SSSR count). The van der Waals surface area contributed by atoms with E-state index in [-0.39, 0.29) is 32.2 Å². The molecular formula is C31H28O10. The largest absolute Gasteiger partial charge is 0.490 e. The molecule has 0 unspecified atom stereocenters. The van der Waals surface area contributed by atoms with Crippen LogP contribution in [0.2, 0.25) is 0 Å². The summed E-state index contributed by atoms with van der Waals surface area (Å²) in [6, 6.07) is 17.2. The predicted molar refractivity (Wildman–Crippen MR) is 147 cm³/mol. The third-order valence-corrected chi connectivity index (χ3v) is 5.27. The van der Waals surface area contributed by atoms with Crippen LogP contribution in [0.3, 0.4) is 0 Å². The maximum Gasteiger partial charge on any atom is 0.343 e. The van der Waals surface area contributed by atoms with E-state index in [1.165, 1.54) is 12.1 Å². The van der Waals surface area contributed by atoms with E-state index >= 15 is 0 Å². The smallest absolute Gasteiger partial charge is 0.343 e. The van der Waals surface area contributed by atoms with Gasteiger partial charge in [-0.15, -0.1) is 0 Å². The molecule has 3 aromatic carbocycles. The Labute approximate surface area is 236 Å². The lowest BCUT2D eigenvalue weighted by molar-refractivity contribution is -0.139. The zero-order valence-electron chi connectivity index (χ0n) is 22.3. The lowest BCUT2D eigenvalue weighted by Gasteiger charge is -2.11. The summed E-state index contributed by atoms with van der Waals surface area (Å²) in [7, 11) is 0. The fourth-order valence-corrected chi connectivity index (χ4v) is 3.22. The normalized spacial score (nSPS) is 10.1. The summed E-state index contributed by atoms with van der Waals surface area (Å²) in [5.74, 6) is -0.663. The van der Waals surface area contributed by atoms with E-state index in [0.29, 0.717) is 33.9 Å². The second kappa shape index (κ2) is 15.3. The second-order valence-electron chi connectivity index (χ2n) is 8.20. The molecule has 41 heavy (non-hydrogen) atoms. The van der Waals surface area contributed by atoms with Gasteiger partial charge in [-0.1, -0.05) is 13.2 Å². The van der Waals surface area contributed by atoms with Crippen molar-refractivity contribution in [1.29, 1.82) is 0 Å². The van der Waals surface area contributed by atoms with E-state index in [1.807, 2.05) is 0 Å². The molecule has 10 nitrogen and oxygen atoms in total. The number of benzene rings is 3. The number of carbonyl (C=O) groups is 4. The molecule has 0 aliphatic heterocycles. The van der Waals surface area contributed by atoms with Crippen molar-refractivity contribution in [2.75, 3.05) is 26.4 Å². The third-order valence-electron chi connectivity index (χ3n) is 5.27. The van der Waals surface area contributed by atoms with Gasteiger partial charge in [0.25, 0.3) is 0 Å². The fourth-order valence-electron chi connectivity index (χ4n) is 3.22. The molecule has 10 heteroatoms. The molecule has 0 saturated heterocycles. The van der Waals surface area contributed by atoms with E-state index in [9.17, 15) is 19.2 Å². The van der Waals surface area contributed by atoms with Crippen molar-refractivity contribution >= 4 is 23.9 Å². The molecule has 0 radical (unpaired) electrons. The number of carbonyl (C=O) groups excluding carboxylic acids is 4. The molecule has 3 aromatic rings. The van der Waals surface area contributed by atoms with E-state index in [0.717, 1.165) is 12.2 Å². The maximum absolute atomic E-state index is 12.6. The zero-order chi connectivity index (χ0) is 29.6. The van der Waals surface area contributed by atoms with Gasteiger partial charge in [-0.25, -0.2) is 19.2 Å². The monoisotopic (exact) mass is 560 g/mol. The molecule has 0 aliphatic rings. The van der Waals surface area contributed by atoms with E-state index in [2.05, 4.69) is 13.2 Å². The highest BCUT2D eigenvalue weighted by Crippen LogP contribution is 2.25. The number of aryl methyl sites for hydroxylation is 1. The van der Waals surface area contributed by atoms with Crippen LogP contribution in [0.15, 0.2) is 92.0 Å². The second-order valence-corrected chi connectivity index (χ2v) is 8.20. The van der Waals surface area contributed by atoms with Crippen LogP contribution in [-0.2, 0) is 19.1 Å². The average Bonchev–Trinajstić information content (AvgIpc) is 2.99. The molecule has 0 spiro atoms. The summed E-state index contributed by atoms with van der Waals surface area (Å²) in [5.41, 5.74) is 1.18. The van der Waals surface area contributed by atoms with Gasteiger partial charge < -0.3 is 28.4 Å². The van der Waals surface area contributed by atoms with Crippen LogP contribution in [0.1, 0.15) is 26.3 Å². The highest BCUT2D eigenvalue weighted by Gasteiger charge is 2.14.